The van der Waals surface area contributed by atoms with E-state index < -0.39 is 0 Å². The molecule has 3 heterocycles. The van der Waals surface area contributed by atoms with Gasteiger partial charge in [0.2, 0.25) is 0 Å². The summed E-state index contributed by atoms with van der Waals surface area (Å²) in [4.78, 5) is 14.4. The zero-order chi connectivity index (χ0) is 25.0. The van der Waals surface area contributed by atoms with Crippen LogP contribution in [0.3, 0.4) is 0 Å². The van der Waals surface area contributed by atoms with Gasteiger partial charge in [-0.25, -0.2) is 0 Å². The second kappa shape index (κ2) is 9.55. The van der Waals surface area contributed by atoms with Crippen molar-refractivity contribution >= 4 is 60.9 Å². The van der Waals surface area contributed by atoms with Gasteiger partial charge in [0.05, 0.1) is 5.76 Å². The minimum Gasteiger partial charge on any atom is -0.512 e. The monoisotopic (exact) mass is 664 g/mol. The summed E-state index contributed by atoms with van der Waals surface area (Å²) in [5.74, 6) is -0.0625. The summed E-state index contributed by atoms with van der Waals surface area (Å²) in [6.07, 6.45) is 1.17. The molecule has 0 saturated heterocycles. The zero-order valence-electron chi connectivity index (χ0n) is 20.7. The number of anilines is 3. The molecule has 187 valence electrons. The van der Waals surface area contributed by atoms with E-state index in [0.717, 1.165) is 5.69 Å². The van der Waals surface area contributed by atoms with E-state index in [0.29, 0.717) is 0 Å². The van der Waals surface area contributed by atoms with Crippen molar-refractivity contribution in [3.8, 4) is 0 Å². The Bertz CT molecular complexity index is 1800. The summed E-state index contributed by atoms with van der Waals surface area (Å²) >= 11 is 0. The van der Waals surface area contributed by atoms with Gasteiger partial charge in [-0.1, -0.05) is 54.0 Å². The zero-order valence-corrected chi connectivity index (χ0v) is 23.1. The molecule has 6 aromatic rings. The molecule has 1 radical (unpaired) electrons. The number of nitrogens with zero attached hydrogens (tertiary/aromatic N) is 3. The summed E-state index contributed by atoms with van der Waals surface area (Å²) in [7, 11) is 2.09. The fourth-order valence-electron chi connectivity index (χ4n) is 5.25. The Kier molecular flexibility index (Phi) is 6.40. The van der Waals surface area contributed by atoms with Gasteiger partial charge in [-0.15, -0.1) is 17.1 Å². The Labute approximate surface area is 228 Å². The smallest absolute Gasteiger partial charge is 0.155 e. The molecular weight excluding hydrogens is 639 g/mol. The molecule has 0 amide bonds. The van der Waals surface area contributed by atoms with Gasteiger partial charge in [-0.3, -0.25) is 4.79 Å². The molecule has 0 fully saturated rings. The van der Waals surface area contributed by atoms with Crippen LogP contribution >= 0.6 is 0 Å². The largest absolute Gasteiger partial charge is 0.512 e. The third kappa shape index (κ3) is 4.03. The summed E-state index contributed by atoms with van der Waals surface area (Å²) in [5, 5.41) is 13.5. The number of hydrogen-bond donors (Lipinski definition) is 1. The number of aliphatic hydroxyl groups is 1. The first-order valence-corrected chi connectivity index (χ1v) is 11.9. The van der Waals surface area contributed by atoms with Crippen LogP contribution in [-0.4, -0.2) is 22.3 Å². The van der Waals surface area contributed by atoms with E-state index in [4.69, 9.17) is 5.11 Å². The van der Waals surface area contributed by atoms with Crippen LogP contribution in [-0.2, 0) is 24.9 Å². The van der Waals surface area contributed by atoms with Crippen molar-refractivity contribution in [2.75, 3.05) is 16.8 Å². The van der Waals surface area contributed by atoms with Crippen molar-refractivity contribution in [2.45, 2.75) is 13.8 Å². The van der Waals surface area contributed by atoms with E-state index in [1.165, 1.54) is 69.4 Å². The summed E-state index contributed by atoms with van der Waals surface area (Å²) in [5.41, 5.74) is 7.23. The normalized spacial score (nSPS) is 13.2. The van der Waals surface area contributed by atoms with Gasteiger partial charge in [0.25, 0.3) is 0 Å². The average Bonchev–Trinajstić information content (AvgIpc) is 3.50. The van der Waals surface area contributed by atoms with Gasteiger partial charge in [-0.2, -0.15) is 18.8 Å². The predicted octanol–water partition coefficient (Wildman–Crippen LogP) is 7.38. The minimum absolute atomic E-state index is 0. The van der Waals surface area contributed by atoms with Gasteiger partial charge < -0.3 is 19.3 Å². The number of hydrogen-bond acceptors (Lipinski definition) is 4. The Morgan fingerprint density at radius 1 is 0.865 bits per heavy atom. The Hall–Kier alpha value is -3.86. The number of carbonyl (C=O) groups is 1. The van der Waals surface area contributed by atoms with Crippen molar-refractivity contribution < 1.29 is 30.0 Å². The molecule has 1 aliphatic rings. The second-order valence-electron chi connectivity index (χ2n) is 9.15. The van der Waals surface area contributed by atoms with E-state index >= 15 is 0 Å². The SMILES string of the molecule is CC(=O)/C=C(/C)O.CN1[CH-]N(c2[c-]cc3c(c2)c2cccc4c5ccccc5n3c24)c2ccccc21.[Ir]. The van der Waals surface area contributed by atoms with Gasteiger partial charge in [0, 0.05) is 59.4 Å². The molecule has 1 N–H and O–H groups in total. The number of carbonyl (C=O) groups excluding carboxylic acids is 1. The van der Waals surface area contributed by atoms with E-state index in [1.807, 2.05) is 0 Å². The van der Waals surface area contributed by atoms with Crippen LogP contribution in [0.2, 0.25) is 0 Å². The average molecular weight is 664 g/mol. The number of allylic oxidation sites excluding steroid dienone is 2. The van der Waals surface area contributed by atoms with Crippen LogP contribution in [0.25, 0.3) is 38.1 Å². The topological polar surface area (TPSA) is 48.2 Å². The van der Waals surface area contributed by atoms with Gasteiger partial charge >= 0.3 is 0 Å². The van der Waals surface area contributed by atoms with E-state index in [9.17, 15) is 4.79 Å². The number of rotatable bonds is 2. The summed E-state index contributed by atoms with van der Waals surface area (Å²) in [6, 6.07) is 31.8. The number of fused-ring (bicyclic) bond motifs is 7. The quantitative estimate of drug-likeness (QED) is 0.119. The fourth-order valence-corrected chi connectivity index (χ4v) is 5.25. The molecule has 0 aliphatic carbocycles. The van der Waals surface area contributed by atoms with Crippen LogP contribution in [0.5, 0.6) is 0 Å². The molecule has 4 aromatic carbocycles. The Morgan fingerprint density at radius 2 is 1.51 bits per heavy atom. The van der Waals surface area contributed by atoms with Gasteiger partial charge in [0.1, 0.15) is 0 Å². The molecule has 0 spiro atoms. The molecule has 1 aliphatic heterocycles. The first-order chi connectivity index (χ1) is 17.4. The molecule has 6 heteroatoms. The maximum atomic E-state index is 10.0. The third-order valence-corrected chi connectivity index (χ3v) is 6.62. The van der Waals surface area contributed by atoms with Crippen molar-refractivity contribution in [1.82, 2.24) is 4.40 Å². The van der Waals surface area contributed by atoms with Crippen molar-refractivity contribution in [1.29, 1.82) is 0 Å². The molecule has 0 bridgehead atoms. The first-order valence-electron chi connectivity index (χ1n) is 11.9. The van der Waals surface area contributed by atoms with Crippen LogP contribution in [0.4, 0.5) is 17.1 Å². The molecule has 2 aromatic heterocycles. The molecular formula is C31H25IrN3O2-2. The van der Waals surface area contributed by atoms with Crippen molar-refractivity contribution in [2.24, 2.45) is 0 Å². The predicted molar refractivity (Wildman–Crippen MR) is 148 cm³/mol. The van der Waals surface area contributed by atoms with E-state index in [-0.39, 0.29) is 31.6 Å². The number of ketones is 1. The van der Waals surface area contributed by atoms with Crippen LogP contribution in [0, 0.1) is 12.7 Å². The number of aromatic nitrogens is 1. The van der Waals surface area contributed by atoms with Gasteiger partial charge in [0.15, 0.2) is 5.78 Å². The van der Waals surface area contributed by atoms with E-state index in [1.54, 1.807) is 0 Å². The Balaban J connectivity index is 0.000000313. The summed E-state index contributed by atoms with van der Waals surface area (Å²) < 4.78 is 2.39. The maximum absolute atomic E-state index is 10.0. The molecule has 7 rings (SSSR count). The number of para-hydroxylation sites is 4. The molecule has 37 heavy (non-hydrogen) atoms. The number of benzene rings is 4. The van der Waals surface area contributed by atoms with Crippen LogP contribution < -0.4 is 9.80 Å². The fraction of sp³-hybridized carbons (Fsp3) is 0.0968. The van der Waals surface area contributed by atoms with E-state index in [2.05, 4.69) is 113 Å². The molecule has 0 saturated carbocycles. The summed E-state index contributed by atoms with van der Waals surface area (Å²) in [6.45, 7) is 4.98. The molecule has 0 unspecified atom stereocenters. The van der Waals surface area contributed by atoms with Crippen molar-refractivity contribution in [3.05, 3.63) is 103 Å². The minimum atomic E-state index is -0.125. The van der Waals surface area contributed by atoms with Crippen molar-refractivity contribution in [3.63, 3.8) is 0 Å². The third-order valence-electron chi connectivity index (χ3n) is 6.62. The van der Waals surface area contributed by atoms with Crippen LogP contribution in [0.1, 0.15) is 13.8 Å². The second-order valence-corrected chi connectivity index (χ2v) is 9.15. The Morgan fingerprint density at radius 3 is 2.22 bits per heavy atom. The standard InChI is InChI=1S/C26H17N3.C5H8O2.Ir/c1-27-16-28(25-12-5-4-11-24(25)27)17-13-14-23-21(15-17)20-9-6-8-19-18-7-2-3-10-22(18)29(23)26(19)20;1-4(6)3-5(2)7;/h2-12,14-16H,1H3;3,6H,1-2H3;/q-2;;/b;4-3-;. The number of aliphatic hydroxyl groups excluding tert-OH is 1. The maximum Gasteiger partial charge on any atom is 0.155 e. The molecule has 5 nitrogen and oxygen atoms in total. The first kappa shape index (κ1) is 24.8. The van der Waals surface area contributed by atoms with Crippen LogP contribution in [0.15, 0.2) is 90.7 Å². The molecule has 0 atom stereocenters. The van der Waals surface area contributed by atoms with Gasteiger partial charge in [-0.05, 0) is 44.5 Å².